The third kappa shape index (κ3) is 2.72. The van der Waals surface area contributed by atoms with E-state index in [1.807, 2.05) is 11.1 Å². The molecule has 0 aliphatic rings. The van der Waals surface area contributed by atoms with Gasteiger partial charge in [0.05, 0.1) is 5.69 Å². The van der Waals surface area contributed by atoms with Gasteiger partial charge in [-0.3, -0.25) is 4.79 Å². The van der Waals surface area contributed by atoms with E-state index in [1.54, 1.807) is 18.3 Å². The average Bonchev–Trinajstić information content (AvgIpc) is 2.88. The Morgan fingerprint density at radius 2 is 2.00 bits per heavy atom. The molecule has 0 amide bonds. The molecule has 0 atom stereocenters. The minimum Gasteiger partial charge on any atom is -0.333 e. The highest BCUT2D eigenvalue weighted by molar-refractivity contribution is 5.77. The summed E-state index contributed by atoms with van der Waals surface area (Å²) in [7, 11) is 0. The van der Waals surface area contributed by atoms with Crippen LogP contribution in [0.3, 0.4) is 0 Å². The van der Waals surface area contributed by atoms with Crippen LogP contribution in [0.4, 0.5) is 13.2 Å². The molecule has 7 heteroatoms. The Morgan fingerprint density at radius 1 is 1.18 bits per heavy atom. The SMILES string of the molecule is O=c1[nH]cc(C#Cc2cc3cccnc3[nH]2)cc1C(F)(F)F. The van der Waals surface area contributed by atoms with Gasteiger partial charge in [0.25, 0.3) is 5.56 Å². The molecule has 0 spiro atoms. The Labute approximate surface area is 122 Å². The van der Waals surface area contributed by atoms with Crippen LogP contribution in [0.25, 0.3) is 11.0 Å². The van der Waals surface area contributed by atoms with Crippen LogP contribution in [0.2, 0.25) is 0 Å². The van der Waals surface area contributed by atoms with E-state index in [2.05, 4.69) is 21.8 Å². The van der Waals surface area contributed by atoms with Gasteiger partial charge in [0.15, 0.2) is 0 Å². The molecule has 0 aliphatic heterocycles. The van der Waals surface area contributed by atoms with E-state index in [1.165, 1.54) is 0 Å². The van der Waals surface area contributed by atoms with Crippen LogP contribution in [0.15, 0.2) is 41.5 Å². The van der Waals surface area contributed by atoms with Crippen LogP contribution in [0.1, 0.15) is 16.8 Å². The van der Waals surface area contributed by atoms with Gasteiger partial charge in [0, 0.05) is 23.3 Å². The fourth-order valence-electron chi connectivity index (χ4n) is 1.93. The Bertz CT molecular complexity index is 925. The molecule has 3 aromatic heterocycles. The van der Waals surface area contributed by atoms with Crippen LogP contribution < -0.4 is 5.56 Å². The zero-order valence-corrected chi connectivity index (χ0v) is 11.0. The van der Waals surface area contributed by atoms with E-state index in [0.717, 1.165) is 17.6 Å². The van der Waals surface area contributed by atoms with Crippen molar-refractivity contribution in [3.05, 3.63) is 63.8 Å². The number of pyridine rings is 2. The maximum absolute atomic E-state index is 12.6. The molecule has 2 N–H and O–H groups in total. The number of fused-ring (bicyclic) bond motifs is 1. The lowest BCUT2D eigenvalue weighted by Gasteiger charge is -2.04. The summed E-state index contributed by atoms with van der Waals surface area (Å²) in [5.41, 5.74) is -1.22. The van der Waals surface area contributed by atoms with Crippen molar-refractivity contribution >= 4 is 11.0 Å². The summed E-state index contributed by atoms with van der Waals surface area (Å²) in [6, 6.07) is 6.08. The van der Waals surface area contributed by atoms with Crippen molar-refractivity contribution in [1.82, 2.24) is 15.0 Å². The monoisotopic (exact) mass is 303 g/mol. The molecule has 0 unspecified atom stereocenters. The fourth-order valence-corrected chi connectivity index (χ4v) is 1.93. The van der Waals surface area contributed by atoms with E-state index in [9.17, 15) is 18.0 Å². The third-order valence-corrected chi connectivity index (χ3v) is 2.94. The third-order valence-electron chi connectivity index (χ3n) is 2.94. The molecule has 0 saturated heterocycles. The molecule has 3 aromatic rings. The highest BCUT2D eigenvalue weighted by Gasteiger charge is 2.33. The molecular formula is C15H8F3N3O. The van der Waals surface area contributed by atoms with E-state index >= 15 is 0 Å². The van der Waals surface area contributed by atoms with Crippen molar-refractivity contribution in [2.75, 3.05) is 0 Å². The van der Waals surface area contributed by atoms with Gasteiger partial charge in [0.1, 0.15) is 11.2 Å². The van der Waals surface area contributed by atoms with Crippen molar-refractivity contribution < 1.29 is 13.2 Å². The smallest absolute Gasteiger partial charge is 0.333 e. The molecule has 110 valence electrons. The summed E-state index contributed by atoms with van der Waals surface area (Å²) in [4.78, 5) is 20.2. The van der Waals surface area contributed by atoms with Gasteiger partial charge in [-0.05, 0) is 30.2 Å². The number of hydrogen-bond donors (Lipinski definition) is 2. The first-order valence-electron chi connectivity index (χ1n) is 6.19. The standard InChI is InChI=1S/C15H8F3N3O/c16-15(17,18)12-6-9(8-20-14(12)22)3-4-11-7-10-2-1-5-19-13(10)21-11/h1-2,5-8H,(H,19,21)(H,20,22). The van der Waals surface area contributed by atoms with E-state index in [-0.39, 0.29) is 5.56 Å². The molecule has 22 heavy (non-hydrogen) atoms. The molecule has 0 saturated carbocycles. The summed E-state index contributed by atoms with van der Waals surface area (Å²) in [5.74, 6) is 5.30. The summed E-state index contributed by atoms with van der Waals surface area (Å²) < 4.78 is 37.9. The van der Waals surface area contributed by atoms with Crippen LogP contribution in [-0.4, -0.2) is 15.0 Å². The maximum Gasteiger partial charge on any atom is 0.421 e. The van der Waals surface area contributed by atoms with Gasteiger partial charge < -0.3 is 9.97 Å². The lowest BCUT2D eigenvalue weighted by molar-refractivity contribution is -0.138. The van der Waals surface area contributed by atoms with Gasteiger partial charge in [-0.1, -0.05) is 5.92 Å². The van der Waals surface area contributed by atoms with Crippen molar-refractivity contribution in [1.29, 1.82) is 0 Å². The summed E-state index contributed by atoms with van der Waals surface area (Å²) in [6.07, 6.45) is -1.95. The lowest BCUT2D eigenvalue weighted by Crippen LogP contribution is -2.21. The van der Waals surface area contributed by atoms with Gasteiger partial charge in [0.2, 0.25) is 0 Å². The van der Waals surface area contributed by atoms with Crippen LogP contribution >= 0.6 is 0 Å². The lowest BCUT2D eigenvalue weighted by atomic mass is 10.2. The molecule has 4 nitrogen and oxygen atoms in total. The molecular weight excluding hydrogens is 295 g/mol. The van der Waals surface area contributed by atoms with Crippen molar-refractivity contribution in [3.8, 4) is 11.8 Å². The zero-order valence-electron chi connectivity index (χ0n) is 11.0. The van der Waals surface area contributed by atoms with Crippen molar-refractivity contribution in [2.45, 2.75) is 6.18 Å². The Morgan fingerprint density at radius 3 is 2.73 bits per heavy atom. The minimum atomic E-state index is -4.71. The van der Waals surface area contributed by atoms with Crippen LogP contribution in [0.5, 0.6) is 0 Å². The predicted octanol–water partition coefficient (Wildman–Crippen LogP) is 2.67. The number of H-pyrrole nitrogens is 2. The number of hydrogen-bond acceptors (Lipinski definition) is 2. The molecule has 3 rings (SSSR count). The summed E-state index contributed by atoms with van der Waals surface area (Å²) in [5, 5.41) is 0.851. The molecule has 0 aromatic carbocycles. The summed E-state index contributed by atoms with van der Waals surface area (Å²) in [6.45, 7) is 0. The topological polar surface area (TPSA) is 61.5 Å². The van der Waals surface area contributed by atoms with Gasteiger partial charge in [-0.2, -0.15) is 13.2 Å². The van der Waals surface area contributed by atoms with Crippen LogP contribution in [-0.2, 0) is 6.18 Å². The van der Waals surface area contributed by atoms with Crippen molar-refractivity contribution in [2.24, 2.45) is 0 Å². The first kappa shape index (κ1) is 13.9. The molecule has 0 radical (unpaired) electrons. The van der Waals surface area contributed by atoms with Crippen molar-refractivity contribution in [3.63, 3.8) is 0 Å². The molecule has 0 fully saturated rings. The number of nitrogens with one attached hydrogen (secondary N) is 2. The zero-order chi connectivity index (χ0) is 15.7. The molecule has 3 heterocycles. The average molecular weight is 303 g/mol. The number of aromatic nitrogens is 3. The number of alkyl halides is 3. The highest BCUT2D eigenvalue weighted by atomic mass is 19.4. The van der Waals surface area contributed by atoms with E-state index < -0.39 is 17.3 Å². The number of nitrogens with zero attached hydrogens (tertiary/aromatic N) is 1. The summed E-state index contributed by atoms with van der Waals surface area (Å²) >= 11 is 0. The molecule has 0 bridgehead atoms. The first-order valence-corrected chi connectivity index (χ1v) is 6.19. The van der Waals surface area contributed by atoms with E-state index in [0.29, 0.717) is 11.3 Å². The normalized spacial score (nSPS) is 11.2. The van der Waals surface area contributed by atoms with Gasteiger partial charge in [-0.25, -0.2) is 4.98 Å². The number of rotatable bonds is 0. The second kappa shape index (κ2) is 5.07. The fraction of sp³-hybridized carbons (Fsp3) is 0.0667. The van der Waals surface area contributed by atoms with Gasteiger partial charge >= 0.3 is 6.18 Å². The Hall–Kier alpha value is -3.01. The number of aromatic amines is 2. The minimum absolute atomic E-state index is 0.0681. The maximum atomic E-state index is 12.6. The highest BCUT2D eigenvalue weighted by Crippen LogP contribution is 2.26. The largest absolute Gasteiger partial charge is 0.421 e. The second-order valence-corrected chi connectivity index (χ2v) is 4.50. The van der Waals surface area contributed by atoms with E-state index in [4.69, 9.17) is 0 Å². The van der Waals surface area contributed by atoms with Gasteiger partial charge in [-0.15, -0.1) is 0 Å². The van der Waals surface area contributed by atoms with Crippen LogP contribution in [0, 0.1) is 11.8 Å². The Kier molecular flexibility index (Phi) is 3.22. The quantitative estimate of drug-likeness (QED) is 0.627. The molecule has 0 aliphatic carbocycles. The Balaban J connectivity index is 1.99. The predicted molar refractivity (Wildman–Crippen MR) is 74.1 cm³/mol. The second-order valence-electron chi connectivity index (χ2n) is 4.50. The first-order chi connectivity index (χ1) is 10.4. The number of halogens is 3.